The van der Waals surface area contributed by atoms with Crippen molar-refractivity contribution in [3.8, 4) is 0 Å². The molecule has 0 aromatic heterocycles. The van der Waals surface area contributed by atoms with Crippen LogP contribution in [0.15, 0.2) is 35.5 Å². The van der Waals surface area contributed by atoms with Crippen LogP contribution in [0, 0.1) is 0 Å². The van der Waals surface area contributed by atoms with E-state index in [4.69, 9.17) is 0 Å². The predicted octanol–water partition coefficient (Wildman–Crippen LogP) is 1.81. The van der Waals surface area contributed by atoms with Gasteiger partial charge < -0.3 is 0 Å². The van der Waals surface area contributed by atoms with Gasteiger partial charge >= 0.3 is 0 Å². The van der Waals surface area contributed by atoms with Crippen LogP contribution in [-0.4, -0.2) is 13.1 Å². The van der Waals surface area contributed by atoms with E-state index in [9.17, 15) is 0 Å². The van der Waals surface area contributed by atoms with Gasteiger partial charge in [0.15, 0.2) is 0 Å². The Morgan fingerprint density at radius 2 is 1.38 bits per heavy atom. The van der Waals surface area contributed by atoms with Crippen LogP contribution in [0.2, 0.25) is 0 Å². The molecule has 0 bridgehead atoms. The lowest BCUT2D eigenvalue weighted by atomic mass is 10.6. The van der Waals surface area contributed by atoms with E-state index in [-0.39, 0.29) is 0 Å². The van der Waals surface area contributed by atoms with E-state index in [1.807, 2.05) is 0 Å². The number of azo groups is 1. The lowest BCUT2D eigenvalue weighted by Gasteiger charge is -1.77. The highest BCUT2D eigenvalue weighted by molar-refractivity contribution is 4.70. The van der Waals surface area contributed by atoms with Gasteiger partial charge in [-0.1, -0.05) is 12.2 Å². The van der Waals surface area contributed by atoms with E-state index in [0.29, 0.717) is 13.1 Å². The Kier molecular flexibility index (Phi) is 5.38. The first kappa shape index (κ1) is 7.08. The summed E-state index contributed by atoms with van der Waals surface area (Å²) in [5.74, 6) is 0. The average Bonchev–Trinajstić information content (AvgIpc) is 1.81. The maximum atomic E-state index is 3.72. The fraction of sp³-hybridized carbons (Fsp3) is 0.333. The third kappa shape index (κ3) is 5.08. The Hall–Kier alpha value is -0.920. The summed E-state index contributed by atoms with van der Waals surface area (Å²) in [7, 11) is 0. The number of rotatable bonds is 4. The van der Waals surface area contributed by atoms with Crippen LogP contribution < -0.4 is 0 Å². The van der Waals surface area contributed by atoms with Gasteiger partial charge in [0.1, 0.15) is 0 Å². The zero-order chi connectivity index (χ0) is 6.24. The van der Waals surface area contributed by atoms with Gasteiger partial charge in [0.25, 0.3) is 0 Å². The molecule has 0 amide bonds. The van der Waals surface area contributed by atoms with Crippen molar-refractivity contribution in [2.75, 3.05) is 13.1 Å². The number of nitrogens with zero attached hydrogens (tertiary/aromatic N) is 2. The Balaban J connectivity index is 3.06. The van der Waals surface area contributed by atoms with Crippen LogP contribution in [-0.2, 0) is 0 Å². The van der Waals surface area contributed by atoms with Crippen LogP contribution in [0.3, 0.4) is 0 Å². The molecule has 0 N–H and O–H groups in total. The molecule has 0 fully saturated rings. The molecule has 44 valence electrons. The van der Waals surface area contributed by atoms with Crippen LogP contribution in [0.4, 0.5) is 0 Å². The molecule has 0 aromatic carbocycles. The van der Waals surface area contributed by atoms with Gasteiger partial charge in [0.2, 0.25) is 0 Å². The minimum atomic E-state index is 0.605. The fourth-order valence-corrected chi connectivity index (χ4v) is 0.231. The largest absolute Gasteiger partial charge is 0.190 e. The van der Waals surface area contributed by atoms with E-state index in [0.717, 1.165) is 0 Å². The van der Waals surface area contributed by atoms with E-state index in [1.165, 1.54) is 0 Å². The minimum Gasteiger partial charge on any atom is -0.190 e. The van der Waals surface area contributed by atoms with Crippen molar-refractivity contribution >= 4 is 0 Å². The summed E-state index contributed by atoms with van der Waals surface area (Å²) in [5.41, 5.74) is 0. The van der Waals surface area contributed by atoms with E-state index < -0.39 is 0 Å². The van der Waals surface area contributed by atoms with Crippen molar-refractivity contribution in [1.82, 2.24) is 0 Å². The molecular weight excluding hydrogens is 100 g/mol. The van der Waals surface area contributed by atoms with Crippen molar-refractivity contribution in [1.29, 1.82) is 0 Å². The first-order valence-electron chi connectivity index (χ1n) is 2.47. The highest BCUT2D eigenvalue weighted by Crippen LogP contribution is 1.75. The van der Waals surface area contributed by atoms with Crippen LogP contribution in [0.5, 0.6) is 0 Å². The molecule has 0 saturated carbocycles. The highest BCUT2D eigenvalue weighted by Gasteiger charge is 1.66. The van der Waals surface area contributed by atoms with Gasteiger partial charge in [-0.05, 0) is 0 Å². The lowest BCUT2D eigenvalue weighted by molar-refractivity contribution is 0.979. The zero-order valence-corrected chi connectivity index (χ0v) is 4.88. The van der Waals surface area contributed by atoms with Crippen molar-refractivity contribution in [3.05, 3.63) is 25.3 Å². The normalized spacial score (nSPS) is 9.50. The highest BCUT2D eigenvalue weighted by atomic mass is 15.1. The first-order chi connectivity index (χ1) is 3.91. The van der Waals surface area contributed by atoms with Crippen molar-refractivity contribution in [3.63, 3.8) is 0 Å². The van der Waals surface area contributed by atoms with Crippen molar-refractivity contribution in [2.45, 2.75) is 0 Å². The summed E-state index contributed by atoms with van der Waals surface area (Å²) >= 11 is 0. The Bertz CT molecular complexity index is 82.7. The molecule has 0 unspecified atom stereocenters. The topological polar surface area (TPSA) is 24.7 Å². The summed E-state index contributed by atoms with van der Waals surface area (Å²) in [6, 6.07) is 0. The van der Waals surface area contributed by atoms with Gasteiger partial charge in [-0.15, -0.1) is 13.2 Å². The van der Waals surface area contributed by atoms with Crippen molar-refractivity contribution < 1.29 is 0 Å². The predicted molar refractivity (Wildman–Crippen MR) is 35.0 cm³/mol. The molecular formula is C6H10N2. The summed E-state index contributed by atoms with van der Waals surface area (Å²) in [4.78, 5) is 0. The zero-order valence-electron chi connectivity index (χ0n) is 4.88. The third-order valence-electron chi connectivity index (χ3n) is 0.521. The lowest BCUT2D eigenvalue weighted by Crippen LogP contribution is -1.69. The van der Waals surface area contributed by atoms with Crippen molar-refractivity contribution in [2.24, 2.45) is 10.2 Å². The van der Waals surface area contributed by atoms with E-state index >= 15 is 0 Å². The molecule has 2 heteroatoms. The smallest absolute Gasteiger partial charge is 0.0777 e. The van der Waals surface area contributed by atoms with Gasteiger partial charge in [-0.25, -0.2) is 0 Å². The quantitative estimate of drug-likeness (QED) is 0.389. The first-order valence-corrected chi connectivity index (χ1v) is 2.47. The molecule has 0 heterocycles. The molecule has 0 aliphatic heterocycles. The Morgan fingerprint density at radius 1 is 1.00 bits per heavy atom. The number of hydrogen-bond donors (Lipinski definition) is 0. The monoisotopic (exact) mass is 110 g/mol. The Labute approximate surface area is 49.6 Å². The van der Waals surface area contributed by atoms with Gasteiger partial charge in [0, 0.05) is 0 Å². The second-order valence-electron chi connectivity index (χ2n) is 1.23. The molecule has 0 saturated heterocycles. The number of hydrogen-bond acceptors (Lipinski definition) is 2. The third-order valence-corrected chi connectivity index (χ3v) is 0.521. The fourth-order valence-electron chi connectivity index (χ4n) is 0.231. The molecule has 0 atom stereocenters. The summed E-state index contributed by atoms with van der Waals surface area (Å²) in [6.45, 7) is 8.17. The molecule has 8 heavy (non-hydrogen) atoms. The van der Waals surface area contributed by atoms with Gasteiger partial charge in [0.05, 0.1) is 13.1 Å². The van der Waals surface area contributed by atoms with Gasteiger partial charge in [-0.3, -0.25) is 0 Å². The second-order valence-corrected chi connectivity index (χ2v) is 1.23. The molecule has 2 nitrogen and oxygen atoms in total. The maximum Gasteiger partial charge on any atom is 0.0777 e. The van der Waals surface area contributed by atoms with Crippen LogP contribution >= 0.6 is 0 Å². The summed E-state index contributed by atoms with van der Waals surface area (Å²) < 4.78 is 0. The maximum absolute atomic E-state index is 3.72. The Morgan fingerprint density at radius 3 is 1.62 bits per heavy atom. The van der Waals surface area contributed by atoms with E-state index in [2.05, 4.69) is 23.4 Å². The molecule has 0 aromatic rings. The minimum absolute atomic E-state index is 0.605. The van der Waals surface area contributed by atoms with Crippen LogP contribution in [0.1, 0.15) is 0 Å². The molecule has 0 aliphatic carbocycles. The van der Waals surface area contributed by atoms with E-state index in [1.54, 1.807) is 12.2 Å². The summed E-state index contributed by atoms with van der Waals surface area (Å²) in [5, 5.41) is 7.43. The SMILES string of the molecule is C=CC/N=N/CC=C. The summed E-state index contributed by atoms with van der Waals surface area (Å²) in [6.07, 6.45) is 3.40. The molecule has 0 spiro atoms. The average molecular weight is 110 g/mol. The standard InChI is InChI=1S/C6H10N2/c1-3-5-7-8-6-4-2/h3-4H,1-2,5-6H2/b8-7+. The van der Waals surface area contributed by atoms with Crippen LogP contribution in [0.25, 0.3) is 0 Å². The second kappa shape index (κ2) is 6.08. The molecule has 0 aliphatic rings. The molecule has 0 radical (unpaired) electrons. The molecule has 0 rings (SSSR count). The van der Waals surface area contributed by atoms with Gasteiger partial charge in [-0.2, -0.15) is 10.2 Å².